The molecule has 2 N–H and O–H groups in total. The first kappa shape index (κ1) is 12.4. The fourth-order valence-corrected chi connectivity index (χ4v) is 1.98. The predicted molar refractivity (Wildman–Crippen MR) is 76.6 cm³/mol. The van der Waals surface area contributed by atoms with E-state index in [2.05, 4.69) is 29.8 Å². The topological polar surface area (TPSA) is 42.2 Å². The molecule has 0 saturated heterocycles. The van der Waals surface area contributed by atoms with Crippen LogP contribution in [0.15, 0.2) is 42.6 Å². The molecule has 0 spiro atoms. The van der Waals surface area contributed by atoms with Gasteiger partial charge in [-0.3, -0.25) is 4.98 Å². The smallest absolute Gasteiger partial charge is 0.0606 e. The molecule has 0 aliphatic heterocycles. The van der Waals surface area contributed by atoms with E-state index in [0.29, 0.717) is 0 Å². The number of benzene rings is 1. The number of nitrogens with zero attached hydrogens (tertiary/aromatic N) is 2. The Balaban J connectivity index is 2.26. The molecule has 0 unspecified atom stereocenters. The first-order valence-electron chi connectivity index (χ1n) is 6.21. The van der Waals surface area contributed by atoms with Crippen molar-refractivity contribution in [1.82, 2.24) is 4.98 Å². The average Bonchev–Trinajstić information content (AvgIpc) is 2.40. The molecule has 0 aliphatic carbocycles. The zero-order valence-electron chi connectivity index (χ0n) is 10.9. The van der Waals surface area contributed by atoms with Gasteiger partial charge in [-0.1, -0.05) is 12.1 Å². The lowest BCUT2D eigenvalue weighted by Gasteiger charge is -2.24. The monoisotopic (exact) mass is 241 g/mol. The summed E-state index contributed by atoms with van der Waals surface area (Å²) >= 11 is 0. The minimum absolute atomic E-state index is 0.783. The minimum atomic E-state index is 0.783. The molecule has 0 amide bonds. The van der Waals surface area contributed by atoms with E-state index in [0.717, 1.165) is 30.2 Å². The Labute approximate surface area is 108 Å². The van der Waals surface area contributed by atoms with Gasteiger partial charge in [-0.2, -0.15) is 0 Å². The fourth-order valence-electron chi connectivity index (χ4n) is 1.98. The molecule has 0 fully saturated rings. The number of pyridine rings is 1. The number of nitrogen functional groups attached to an aromatic ring is 1. The molecule has 2 aromatic rings. The Hall–Kier alpha value is -2.03. The third-order valence-electron chi connectivity index (χ3n) is 2.99. The van der Waals surface area contributed by atoms with Crippen LogP contribution in [0.5, 0.6) is 0 Å². The van der Waals surface area contributed by atoms with Gasteiger partial charge < -0.3 is 10.6 Å². The molecule has 0 bridgehead atoms. The van der Waals surface area contributed by atoms with Gasteiger partial charge in [0.15, 0.2) is 0 Å². The molecular weight excluding hydrogens is 222 g/mol. The quantitative estimate of drug-likeness (QED) is 0.837. The van der Waals surface area contributed by atoms with Crippen molar-refractivity contribution in [3.8, 4) is 0 Å². The van der Waals surface area contributed by atoms with Gasteiger partial charge in [0.2, 0.25) is 0 Å². The molecule has 1 aromatic heterocycles. The van der Waals surface area contributed by atoms with E-state index < -0.39 is 0 Å². The van der Waals surface area contributed by atoms with Gasteiger partial charge in [0.25, 0.3) is 0 Å². The summed E-state index contributed by atoms with van der Waals surface area (Å²) in [5.41, 5.74) is 10.2. The molecule has 3 nitrogen and oxygen atoms in total. The summed E-state index contributed by atoms with van der Waals surface area (Å²) in [5.74, 6) is 0. The standard InChI is InChI=1S/C15H19N3/c1-3-18(11-13-6-4-5-9-17-13)15-10-12(2)7-8-14(15)16/h4-10H,3,11,16H2,1-2H3. The van der Waals surface area contributed by atoms with Crippen molar-refractivity contribution in [2.45, 2.75) is 20.4 Å². The SMILES string of the molecule is CCN(Cc1ccccn1)c1cc(C)ccc1N. The van der Waals surface area contributed by atoms with E-state index in [1.807, 2.05) is 36.5 Å². The first-order valence-corrected chi connectivity index (χ1v) is 6.21. The highest BCUT2D eigenvalue weighted by Crippen LogP contribution is 2.25. The first-order chi connectivity index (χ1) is 8.70. The second-order valence-electron chi connectivity index (χ2n) is 4.40. The van der Waals surface area contributed by atoms with E-state index in [1.54, 1.807) is 0 Å². The van der Waals surface area contributed by atoms with Crippen molar-refractivity contribution in [3.63, 3.8) is 0 Å². The number of nitrogens with two attached hydrogens (primary N) is 1. The highest BCUT2D eigenvalue weighted by molar-refractivity contribution is 5.68. The third kappa shape index (κ3) is 2.80. The van der Waals surface area contributed by atoms with Crippen molar-refractivity contribution in [2.75, 3.05) is 17.2 Å². The van der Waals surface area contributed by atoms with Gasteiger partial charge in [0.05, 0.1) is 23.6 Å². The number of aryl methyl sites for hydroxylation is 1. The van der Waals surface area contributed by atoms with Crippen LogP contribution in [-0.2, 0) is 6.54 Å². The molecule has 3 heteroatoms. The number of hydrogen-bond acceptors (Lipinski definition) is 3. The van der Waals surface area contributed by atoms with Crippen LogP contribution in [0.4, 0.5) is 11.4 Å². The van der Waals surface area contributed by atoms with Crippen LogP contribution in [-0.4, -0.2) is 11.5 Å². The van der Waals surface area contributed by atoms with Crippen molar-refractivity contribution < 1.29 is 0 Å². The Morgan fingerprint density at radius 3 is 2.72 bits per heavy atom. The maximum Gasteiger partial charge on any atom is 0.0606 e. The van der Waals surface area contributed by atoms with Crippen molar-refractivity contribution in [2.24, 2.45) is 0 Å². The Morgan fingerprint density at radius 2 is 2.06 bits per heavy atom. The normalized spacial score (nSPS) is 10.3. The summed E-state index contributed by atoms with van der Waals surface area (Å²) in [6.07, 6.45) is 1.82. The zero-order valence-corrected chi connectivity index (χ0v) is 10.9. The van der Waals surface area contributed by atoms with Gasteiger partial charge in [-0.05, 0) is 43.7 Å². The molecule has 94 valence electrons. The molecule has 18 heavy (non-hydrogen) atoms. The van der Waals surface area contributed by atoms with Crippen LogP contribution in [0, 0.1) is 6.92 Å². The molecule has 2 rings (SSSR count). The second-order valence-corrected chi connectivity index (χ2v) is 4.40. The molecule has 1 aromatic carbocycles. The van der Waals surface area contributed by atoms with Crippen LogP contribution >= 0.6 is 0 Å². The molecular formula is C15H19N3. The Kier molecular flexibility index (Phi) is 3.82. The molecule has 1 heterocycles. The lowest BCUT2D eigenvalue weighted by Crippen LogP contribution is -2.23. The maximum absolute atomic E-state index is 6.06. The summed E-state index contributed by atoms with van der Waals surface area (Å²) in [6.45, 7) is 5.90. The van der Waals surface area contributed by atoms with E-state index in [1.165, 1.54) is 5.56 Å². The summed E-state index contributed by atoms with van der Waals surface area (Å²) in [5, 5.41) is 0. The Bertz CT molecular complexity index is 508. The van der Waals surface area contributed by atoms with E-state index >= 15 is 0 Å². The van der Waals surface area contributed by atoms with Crippen molar-refractivity contribution in [1.29, 1.82) is 0 Å². The highest BCUT2D eigenvalue weighted by Gasteiger charge is 2.09. The zero-order chi connectivity index (χ0) is 13.0. The van der Waals surface area contributed by atoms with Gasteiger partial charge >= 0.3 is 0 Å². The number of anilines is 2. The maximum atomic E-state index is 6.06. The molecule has 0 aliphatic rings. The van der Waals surface area contributed by atoms with Crippen molar-refractivity contribution >= 4 is 11.4 Å². The van der Waals surface area contributed by atoms with Gasteiger partial charge in [-0.15, -0.1) is 0 Å². The summed E-state index contributed by atoms with van der Waals surface area (Å²) in [6, 6.07) is 12.1. The van der Waals surface area contributed by atoms with Gasteiger partial charge in [0.1, 0.15) is 0 Å². The summed E-state index contributed by atoms with van der Waals surface area (Å²) < 4.78 is 0. The molecule has 0 saturated carbocycles. The van der Waals surface area contributed by atoms with E-state index in [4.69, 9.17) is 5.73 Å². The average molecular weight is 241 g/mol. The third-order valence-corrected chi connectivity index (χ3v) is 2.99. The van der Waals surface area contributed by atoms with E-state index in [9.17, 15) is 0 Å². The number of rotatable bonds is 4. The lowest BCUT2D eigenvalue weighted by atomic mass is 10.1. The van der Waals surface area contributed by atoms with Crippen LogP contribution in [0.3, 0.4) is 0 Å². The van der Waals surface area contributed by atoms with Gasteiger partial charge in [-0.25, -0.2) is 0 Å². The van der Waals surface area contributed by atoms with Crippen LogP contribution in [0.25, 0.3) is 0 Å². The van der Waals surface area contributed by atoms with E-state index in [-0.39, 0.29) is 0 Å². The molecule has 0 radical (unpaired) electrons. The highest BCUT2D eigenvalue weighted by atomic mass is 15.1. The van der Waals surface area contributed by atoms with Gasteiger partial charge in [0, 0.05) is 12.7 Å². The number of hydrogen-bond donors (Lipinski definition) is 1. The van der Waals surface area contributed by atoms with Crippen LogP contribution in [0.2, 0.25) is 0 Å². The van der Waals surface area contributed by atoms with Crippen LogP contribution in [0.1, 0.15) is 18.2 Å². The summed E-state index contributed by atoms with van der Waals surface area (Å²) in [4.78, 5) is 6.60. The predicted octanol–water partition coefficient (Wildman–Crippen LogP) is 3.00. The second kappa shape index (κ2) is 5.54. The number of aromatic nitrogens is 1. The van der Waals surface area contributed by atoms with Crippen LogP contribution < -0.4 is 10.6 Å². The molecule has 0 atom stereocenters. The lowest BCUT2D eigenvalue weighted by molar-refractivity contribution is 0.810. The Morgan fingerprint density at radius 1 is 1.22 bits per heavy atom. The van der Waals surface area contributed by atoms with Crippen molar-refractivity contribution in [3.05, 3.63) is 53.9 Å². The fraction of sp³-hybridized carbons (Fsp3) is 0.267. The largest absolute Gasteiger partial charge is 0.397 e. The summed E-state index contributed by atoms with van der Waals surface area (Å²) in [7, 11) is 0. The minimum Gasteiger partial charge on any atom is -0.397 e.